The number of benzene rings is 2. The average molecular weight is 311 g/mol. The Bertz CT molecular complexity index is 664. The Labute approximate surface area is 137 Å². The number of anilines is 2. The molecule has 1 aliphatic rings. The van der Waals surface area contributed by atoms with Crippen LogP contribution < -0.4 is 10.2 Å². The minimum Gasteiger partial charge on any atom is -0.378 e. The predicted molar refractivity (Wildman–Crippen MR) is 97.5 cm³/mol. The molecule has 0 spiro atoms. The van der Waals surface area contributed by atoms with E-state index in [9.17, 15) is 0 Å². The molecule has 1 heterocycles. The smallest absolute Gasteiger partial charge is 0.173 e. The minimum absolute atomic E-state index is 0.798. The summed E-state index contributed by atoms with van der Waals surface area (Å²) in [5.74, 6) is 0. The fourth-order valence-electron chi connectivity index (χ4n) is 2.71. The molecule has 0 fully saturated rings. The number of hydrogen-bond donors (Lipinski definition) is 1. The van der Waals surface area contributed by atoms with Crippen molar-refractivity contribution in [3.63, 3.8) is 0 Å². The zero-order chi connectivity index (χ0) is 15.5. The summed E-state index contributed by atoms with van der Waals surface area (Å²) in [5.41, 5.74) is 5.04. The van der Waals surface area contributed by atoms with E-state index in [2.05, 4.69) is 63.6 Å². The summed E-state index contributed by atoms with van der Waals surface area (Å²) in [5, 5.41) is 4.15. The van der Waals surface area contributed by atoms with Crippen LogP contribution in [-0.2, 0) is 13.0 Å². The highest BCUT2D eigenvalue weighted by molar-refractivity contribution is 7.80. The molecule has 3 nitrogen and oxygen atoms in total. The molecule has 22 heavy (non-hydrogen) atoms. The normalized spacial score (nSPS) is 13.5. The standard InChI is InChI=1S/C18H21N3S/c1-20(2)17-9-7-16(8-10-17)19-18(22)21-12-11-14-5-3-4-6-15(14)13-21/h3-10H,11-13H2,1-2H3,(H,19,22). The van der Waals surface area contributed by atoms with E-state index in [1.807, 2.05) is 14.1 Å². The predicted octanol–water partition coefficient (Wildman–Crippen LogP) is 3.51. The lowest BCUT2D eigenvalue weighted by Gasteiger charge is -2.31. The Morgan fingerprint density at radius 2 is 1.73 bits per heavy atom. The van der Waals surface area contributed by atoms with Gasteiger partial charge in [-0.1, -0.05) is 24.3 Å². The van der Waals surface area contributed by atoms with Gasteiger partial charge in [0.15, 0.2) is 5.11 Å². The lowest BCUT2D eigenvalue weighted by molar-refractivity contribution is 0.399. The summed E-state index contributed by atoms with van der Waals surface area (Å²) in [7, 11) is 4.08. The van der Waals surface area contributed by atoms with Gasteiger partial charge in [-0.15, -0.1) is 0 Å². The topological polar surface area (TPSA) is 18.5 Å². The lowest BCUT2D eigenvalue weighted by atomic mass is 10.0. The largest absolute Gasteiger partial charge is 0.378 e. The van der Waals surface area contributed by atoms with Crippen LogP contribution in [-0.4, -0.2) is 30.7 Å². The first-order valence-corrected chi connectivity index (χ1v) is 7.94. The van der Waals surface area contributed by atoms with E-state index in [-0.39, 0.29) is 0 Å². The molecule has 0 radical (unpaired) electrons. The van der Waals surface area contributed by atoms with Crippen LogP contribution in [0.1, 0.15) is 11.1 Å². The molecule has 2 aromatic carbocycles. The maximum absolute atomic E-state index is 5.57. The van der Waals surface area contributed by atoms with E-state index < -0.39 is 0 Å². The van der Waals surface area contributed by atoms with Crippen LogP contribution in [0.2, 0.25) is 0 Å². The minimum atomic E-state index is 0.798. The molecule has 0 atom stereocenters. The van der Waals surface area contributed by atoms with E-state index in [4.69, 9.17) is 12.2 Å². The quantitative estimate of drug-likeness (QED) is 0.855. The summed E-state index contributed by atoms with van der Waals surface area (Å²) >= 11 is 5.57. The second-order valence-corrected chi connectivity index (χ2v) is 6.20. The molecule has 0 aliphatic carbocycles. The highest BCUT2D eigenvalue weighted by atomic mass is 32.1. The molecule has 0 unspecified atom stereocenters. The van der Waals surface area contributed by atoms with Gasteiger partial charge >= 0.3 is 0 Å². The first-order chi connectivity index (χ1) is 10.6. The molecule has 1 aliphatic heterocycles. The third kappa shape index (κ3) is 3.22. The van der Waals surface area contributed by atoms with E-state index in [0.717, 1.165) is 30.3 Å². The summed E-state index contributed by atoms with van der Waals surface area (Å²) < 4.78 is 0. The fourth-order valence-corrected chi connectivity index (χ4v) is 2.99. The number of nitrogens with zero attached hydrogens (tertiary/aromatic N) is 2. The van der Waals surface area contributed by atoms with Gasteiger partial charge in [-0.25, -0.2) is 0 Å². The number of fused-ring (bicyclic) bond motifs is 1. The molecular weight excluding hydrogens is 290 g/mol. The van der Waals surface area contributed by atoms with Crippen LogP contribution in [0.15, 0.2) is 48.5 Å². The Morgan fingerprint density at radius 3 is 2.41 bits per heavy atom. The van der Waals surface area contributed by atoms with Crippen LogP contribution in [0.5, 0.6) is 0 Å². The lowest BCUT2D eigenvalue weighted by Crippen LogP contribution is -2.38. The van der Waals surface area contributed by atoms with Crippen molar-refractivity contribution in [2.45, 2.75) is 13.0 Å². The molecule has 3 rings (SSSR count). The maximum Gasteiger partial charge on any atom is 0.173 e. The van der Waals surface area contributed by atoms with Gasteiger partial charge in [0.2, 0.25) is 0 Å². The molecule has 2 aromatic rings. The van der Waals surface area contributed by atoms with Crippen molar-refractivity contribution in [1.82, 2.24) is 4.90 Å². The van der Waals surface area contributed by atoms with Crippen LogP contribution in [0.3, 0.4) is 0 Å². The van der Waals surface area contributed by atoms with Crippen molar-refractivity contribution in [1.29, 1.82) is 0 Å². The van der Waals surface area contributed by atoms with Gasteiger partial charge in [0.25, 0.3) is 0 Å². The summed E-state index contributed by atoms with van der Waals surface area (Å²) in [6.07, 6.45) is 1.05. The van der Waals surface area contributed by atoms with Gasteiger partial charge in [-0.05, 0) is 54.0 Å². The first-order valence-electron chi connectivity index (χ1n) is 7.53. The maximum atomic E-state index is 5.57. The summed E-state index contributed by atoms with van der Waals surface area (Å²) in [4.78, 5) is 4.32. The van der Waals surface area contributed by atoms with Crippen LogP contribution >= 0.6 is 12.2 Å². The number of rotatable bonds is 2. The van der Waals surface area contributed by atoms with Crippen LogP contribution in [0.25, 0.3) is 0 Å². The zero-order valence-corrected chi connectivity index (χ0v) is 13.9. The van der Waals surface area contributed by atoms with Gasteiger partial charge < -0.3 is 15.1 Å². The van der Waals surface area contributed by atoms with Crippen molar-refractivity contribution < 1.29 is 0 Å². The molecule has 0 saturated carbocycles. The fraction of sp³-hybridized carbons (Fsp3) is 0.278. The second-order valence-electron chi connectivity index (χ2n) is 5.81. The van der Waals surface area contributed by atoms with Gasteiger partial charge in [-0.3, -0.25) is 0 Å². The van der Waals surface area contributed by atoms with Crippen molar-refractivity contribution >= 4 is 28.7 Å². The van der Waals surface area contributed by atoms with Crippen molar-refractivity contribution in [3.8, 4) is 0 Å². The first kappa shape index (κ1) is 14.9. The molecule has 0 bridgehead atoms. The number of hydrogen-bond acceptors (Lipinski definition) is 2. The average Bonchev–Trinajstić information content (AvgIpc) is 2.55. The third-order valence-corrected chi connectivity index (χ3v) is 4.41. The van der Waals surface area contributed by atoms with Crippen molar-refractivity contribution in [3.05, 3.63) is 59.7 Å². The number of thiocarbonyl (C=S) groups is 1. The van der Waals surface area contributed by atoms with Gasteiger partial charge in [-0.2, -0.15) is 0 Å². The molecule has 1 N–H and O–H groups in total. The zero-order valence-electron chi connectivity index (χ0n) is 13.0. The highest BCUT2D eigenvalue weighted by Gasteiger charge is 2.17. The third-order valence-electron chi connectivity index (χ3n) is 4.05. The van der Waals surface area contributed by atoms with Crippen LogP contribution in [0.4, 0.5) is 11.4 Å². The van der Waals surface area contributed by atoms with Crippen molar-refractivity contribution in [2.24, 2.45) is 0 Å². The van der Waals surface area contributed by atoms with Gasteiger partial charge in [0.05, 0.1) is 0 Å². The second kappa shape index (κ2) is 6.36. The van der Waals surface area contributed by atoms with E-state index in [0.29, 0.717) is 0 Å². The Hall–Kier alpha value is -2.07. The molecule has 114 valence electrons. The Kier molecular flexibility index (Phi) is 4.29. The molecular formula is C18H21N3S. The monoisotopic (exact) mass is 311 g/mol. The summed E-state index contributed by atoms with van der Waals surface area (Å²) in [6.45, 7) is 1.86. The summed E-state index contributed by atoms with van der Waals surface area (Å²) in [6, 6.07) is 16.9. The van der Waals surface area contributed by atoms with Gasteiger partial charge in [0.1, 0.15) is 0 Å². The van der Waals surface area contributed by atoms with Crippen molar-refractivity contribution in [2.75, 3.05) is 30.9 Å². The van der Waals surface area contributed by atoms with E-state index >= 15 is 0 Å². The molecule has 0 saturated heterocycles. The van der Waals surface area contributed by atoms with Gasteiger partial charge in [0, 0.05) is 38.6 Å². The molecule has 0 amide bonds. The Morgan fingerprint density at radius 1 is 1.05 bits per heavy atom. The van der Waals surface area contributed by atoms with E-state index in [1.165, 1.54) is 16.8 Å². The van der Waals surface area contributed by atoms with Crippen LogP contribution in [0, 0.1) is 0 Å². The number of nitrogens with one attached hydrogen (secondary N) is 1. The SMILES string of the molecule is CN(C)c1ccc(NC(=S)N2CCc3ccccc3C2)cc1. The Balaban J connectivity index is 1.65. The van der Waals surface area contributed by atoms with E-state index in [1.54, 1.807) is 0 Å². The molecule has 0 aromatic heterocycles. The molecule has 4 heteroatoms. The highest BCUT2D eigenvalue weighted by Crippen LogP contribution is 2.20.